The molecule has 3 rings (SSSR count). The van der Waals surface area contributed by atoms with E-state index in [1.807, 2.05) is 31.2 Å². The Kier molecular flexibility index (Phi) is 3.42. The van der Waals surface area contributed by atoms with Gasteiger partial charge in [-0.15, -0.1) is 0 Å². The van der Waals surface area contributed by atoms with Gasteiger partial charge in [-0.05, 0) is 31.5 Å². The molecule has 19 heavy (non-hydrogen) atoms. The van der Waals surface area contributed by atoms with Gasteiger partial charge in [-0.3, -0.25) is 0 Å². The van der Waals surface area contributed by atoms with E-state index in [2.05, 4.69) is 15.3 Å². The van der Waals surface area contributed by atoms with Crippen molar-refractivity contribution in [2.24, 2.45) is 0 Å². The zero-order chi connectivity index (χ0) is 13.1. The maximum Gasteiger partial charge on any atom is 0.164 e. The second-order valence-corrected chi connectivity index (χ2v) is 4.83. The molecule has 0 saturated carbocycles. The van der Waals surface area contributed by atoms with Gasteiger partial charge in [0.25, 0.3) is 0 Å². The lowest BCUT2D eigenvalue weighted by Gasteiger charge is -2.09. The minimum Gasteiger partial charge on any atom is -0.454 e. The van der Waals surface area contributed by atoms with Crippen LogP contribution in [0, 0.1) is 6.92 Å². The lowest BCUT2D eigenvalue weighted by atomic mass is 10.1. The molecule has 1 aromatic carbocycles. The molecule has 0 bridgehead atoms. The van der Waals surface area contributed by atoms with E-state index in [1.165, 1.54) is 0 Å². The summed E-state index contributed by atoms with van der Waals surface area (Å²) in [6.07, 6.45) is 4.62. The molecule has 1 aliphatic rings. The van der Waals surface area contributed by atoms with Gasteiger partial charge >= 0.3 is 0 Å². The summed E-state index contributed by atoms with van der Waals surface area (Å²) in [5, 5.41) is 3.32. The molecule has 0 spiro atoms. The van der Waals surface area contributed by atoms with Crippen LogP contribution in [0.25, 0.3) is 0 Å². The molecule has 1 saturated heterocycles. The van der Waals surface area contributed by atoms with Crippen LogP contribution in [0.1, 0.15) is 23.7 Å². The molecule has 0 aliphatic carbocycles. The molecule has 1 atom stereocenters. The quantitative estimate of drug-likeness (QED) is 0.916. The zero-order valence-electron chi connectivity index (χ0n) is 11.0. The Labute approximate surface area is 112 Å². The van der Waals surface area contributed by atoms with Crippen LogP contribution in [0.5, 0.6) is 11.5 Å². The van der Waals surface area contributed by atoms with Crippen molar-refractivity contribution in [2.75, 3.05) is 13.1 Å². The van der Waals surface area contributed by atoms with Crippen molar-refractivity contribution in [3.63, 3.8) is 0 Å². The molecule has 1 unspecified atom stereocenters. The molecule has 2 aromatic rings. The van der Waals surface area contributed by atoms with Crippen molar-refractivity contribution in [1.82, 2.24) is 15.3 Å². The molecular weight excluding hydrogens is 238 g/mol. The first-order valence-electron chi connectivity index (χ1n) is 6.59. The summed E-state index contributed by atoms with van der Waals surface area (Å²) in [6.45, 7) is 4.04. The Morgan fingerprint density at radius 3 is 2.68 bits per heavy atom. The number of benzene rings is 1. The van der Waals surface area contributed by atoms with Crippen LogP contribution in [0.2, 0.25) is 0 Å². The molecule has 98 valence electrons. The number of hydrogen-bond donors (Lipinski definition) is 1. The molecule has 1 N–H and O–H groups in total. The predicted molar refractivity (Wildman–Crippen MR) is 73.5 cm³/mol. The number of nitrogens with zero attached hydrogens (tertiary/aromatic N) is 2. The minimum atomic E-state index is 0.438. The van der Waals surface area contributed by atoms with Gasteiger partial charge < -0.3 is 10.1 Å². The van der Waals surface area contributed by atoms with Gasteiger partial charge in [0.1, 0.15) is 11.6 Å². The Balaban J connectivity index is 1.74. The molecule has 1 fully saturated rings. The predicted octanol–water partition coefficient (Wildman–Crippen LogP) is 2.65. The molecule has 4 heteroatoms. The Hall–Kier alpha value is -1.94. The lowest BCUT2D eigenvalue weighted by Crippen LogP contribution is -2.10. The molecule has 1 aromatic heterocycles. The summed E-state index contributed by atoms with van der Waals surface area (Å²) in [4.78, 5) is 8.82. The van der Waals surface area contributed by atoms with Crippen LogP contribution in [-0.2, 0) is 0 Å². The third-order valence-electron chi connectivity index (χ3n) is 3.39. The van der Waals surface area contributed by atoms with Crippen LogP contribution < -0.4 is 10.1 Å². The van der Waals surface area contributed by atoms with Gasteiger partial charge in [-0.2, -0.15) is 0 Å². The number of rotatable bonds is 3. The summed E-state index contributed by atoms with van der Waals surface area (Å²) >= 11 is 0. The Bertz CT molecular complexity index is 548. The first-order valence-corrected chi connectivity index (χ1v) is 6.59. The van der Waals surface area contributed by atoms with Crippen molar-refractivity contribution in [1.29, 1.82) is 0 Å². The third kappa shape index (κ3) is 2.74. The van der Waals surface area contributed by atoms with Gasteiger partial charge in [0, 0.05) is 12.5 Å². The summed E-state index contributed by atoms with van der Waals surface area (Å²) in [7, 11) is 0. The lowest BCUT2D eigenvalue weighted by molar-refractivity contribution is 0.471. The molecular formula is C15H17N3O. The Morgan fingerprint density at radius 2 is 2.00 bits per heavy atom. The normalized spacial score (nSPS) is 18.5. The van der Waals surface area contributed by atoms with Gasteiger partial charge in [-0.1, -0.05) is 18.2 Å². The van der Waals surface area contributed by atoms with Crippen LogP contribution in [-0.4, -0.2) is 23.1 Å². The fourth-order valence-corrected chi connectivity index (χ4v) is 2.26. The van der Waals surface area contributed by atoms with E-state index >= 15 is 0 Å². The third-order valence-corrected chi connectivity index (χ3v) is 3.39. The van der Waals surface area contributed by atoms with E-state index in [9.17, 15) is 0 Å². The van der Waals surface area contributed by atoms with Crippen LogP contribution >= 0.6 is 0 Å². The molecule has 0 amide bonds. The summed E-state index contributed by atoms with van der Waals surface area (Å²) in [5.74, 6) is 2.88. The van der Waals surface area contributed by atoms with Crippen molar-refractivity contribution in [2.45, 2.75) is 19.3 Å². The first kappa shape index (κ1) is 12.1. The largest absolute Gasteiger partial charge is 0.454 e. The van der Waals surface area contributed by atoms with E-state index in [0.717, 1.165) is 36.6 Å². The first-order chi connectivity index (χ1) is 9.33. The highest BCUT2D eigenvalue weighted by Crippen LogP contribution is 2.25. The molecule has 4 nitrogen and oxygen atoms in total. The number of aryl methyl sites for hydroxylation is 1. The highest BCUT2D eigenvalue weighted by atomic mass is 16.5. The standard InChI is InChI=1S/C15H17N3O/c1-11-4-2-3-5-14(11)19-13-9-17-15(18-10-13)12-6-7-16-8-12/h2-5,9-10,12,16H,6-8H2,1H3. The van der Waals surface area contributed by atoms with E-state index < -0.39 is 0 Å². The maximum atomic E-state index is 5.79. The summed E-state index contributed by atoms with van der Waals surface area (Å²) < 4.78 is 5.79. The molecule has 0 radical (unpaired) electrons. The summed E-state index contributed by atoms with van der Waals surface area (Å²) in [5.41, 5.74) is 1.10. The SMILES string of the molecule is Cc1ccccc1Oc1cnc(C2CCNC2)nc1. The minimum absolute atomic E-state index is 0.438. The van der Waals surface area contributed by atoms with E-state index in [0.29, 0.717) is 11.7 Å². The average Bonchev–Trinajstić information content (AvgIpc) is 2.96. The van der Waals surface area contributed by atoms with E-state index in [1.54, 1.807) is 12.4 Å². The fourth-order valence-electron chi connectivity index (χ4n) is 2.26. The second kappa shape index (κ2) is 5.36. The van der Waals surface area contributed by atoms with Gasteiger partial charge in [-0.25, -0.2) is 9.97 Å². The zero-order valence-corrected chi connectivity index (χ0v) is 11.0. The van der Waals surface area contributed by atoms with Crippen molar-refractivity contribution in [3.05, 3.63) is 48.0 Å². The van der Waals surface area contributed by atoms with Crippen molar-refractivity contribution < 1.29 is 4.74 Å². The highest BCUT2D eigenvalue weighted by molar-refractivity contribution is 5.35. The molecule has 1 aliphatic heterocycles. The van der Waals surface area contributed by atoms with Gasteiger partial charge in [0.05, 0.1) is 12.4 Å². The number of hydrogen-bond acceptors (Lipinski definition) is 4. The Morgan fingerprint density at radius 1 is 1.21 bits per heavy atom. The number of ether oxygens (including phenoxy) is 1. The topological polar surface area (TPSA) is 47.0 Å². The number of para-hydroxylation sites is 1. The highest BCUT2D eigenvalue weighted by Gasteiger charge is 2.19. The van der Waals surface area contributed by atoms with E-state index in [4.69, 9.17) is 4.74 Å². The summed E-state index contributed by atoms with van der Waals surface area (Å²) in [6, 6.07) is 7.93. The average molecular weight is 255 g/mol. The van der Waals surface area contributed by atoms with E-state index in [-0.39, 0.29) is 0 Å². The monoisotopic (exact) mass is 255 g/mol. The number of aromatic nitrogens is 2. The van der Waals surface area contributed by atoms with Gasteiger partial charge in [0.15, 0.2) is 5.75 Å². The van der Waals surface area contributed by atoms with Crippen LogP contribution in [0.3, 0.4) is 0 Å². The van der Waals surface area contributed by atoms with Gasteiger partial charge in [0.2, 0.25) is 0 Å². The van der Waals surface area contributed by atoms with Crippen molar-refractivity contribution >= 4 is 0 Å². The smallest absolute Gasteiger partial charge is 0.164 e. The van der Waals surface area contributed by atoms with Crippen molar-refractivity contribution in [3.8, 4) is 11.5 Å². The van der Waals surface area contributed by atoms with Crippen LogP contribution in [0.4, 0.5) is 0 Å². The second-order valence-electron chi connectivity index (χ2n) is 4.83. The fraction of sp³-hybridized carbons (Fsp3) is 0.333. The maximum absolute atomic E-state index is 5.79. The number of nitrogens with one attached hydrogen (secondary N) is 1. The molecule has 2 heterocycles. The van der Waals surface area contributed by atoms with Crippen LogP contribution in [0.15, 0.2) is 36.7 Å².